The van der Waals surface area contributed by atoms with Crippen molar-refractivity contribution in [2.45, 2.75) is 45.7 Å². The molecule has 0 aromatic carbocycles. The van der Waals surface area contributed by atoms with Crippen LogP contribution in [0.5, 0.6) is 0 Å². The smallest absolute Gasteiger partial charge is 0.219 e. The first kappa shape index (κ1) is 10.9. The molecule has 0 bridgehead atoms. The van der Waals surface area contributed by atoms with Crippen LogP contribution in [0.4, 0.5) is 0 Å². The van der Waals surface area contributed by atoms with E-state index >= 15 is 0 Å². The number of rotatable bonds is 2. The zero-order valence-electron chi connectivity index (χ0n) is 9.99. The van der Waals surface area contributed by atoms with Gasteiger partial charge in [0.05, 0.1) is 0 Å². The van der Waals surface area contributed by atoms with Gasteiger partial charge in [0.2, 0.25) is 5.91 Å². The van der Waals surface area contributed by atoms with E-state index in [1.54, 1.807) is 6.92 Å². The molecule has 2 fully saturated rings. The molecule has 1 amide bonds. The lowest BCUT2D eigenvalue weighted by Crippen LogP contribution is -2.35. The van der Waals surface area contributed by atoms with Gasteiger partial charge in [0, 0.05) is 32.1 Å². The lowest BCUT2D eigenvalue weighted by Gasteiger charge is -2.20. The first-order chi connectivity index (χ1) is 7.06. The number of fused-ring (bicyclic) bond motifs is 1. The Bertz CT molecular complexity index is 238. The number of likely N-dealkylation sites (tertiary alicyclic amines) is 1. The lowest BCUT2D eigenvalue weighted by atomic mass is 10.0. The Morgan fingerprint density at radius 3 is 2.20 bits per heavy atom. The monoisotopic (exact) mass is 210 g/mol. The summed E-state index contributed by atoms with van der Waals surface area (Å²) in [6.07, 6.45) is 2.51. The molecular weight excluding hydrogens is 188 g/mol. The molecule has 2 rings (SSSR count). The summed E-state index contributed by atoms with van der Waals surface area (Å²) in [4.78, 5) is 13.3. The van der Waals surface area contributed by atoms with Crippen LogP contribution in [0.3, 0.4) is 0 Å². The number of nitrogens with zero attached hydrogens (tertiary/aromatic N) is 1. The highest BCUT2D eigenvalue weighted by Gasteiger charge is 2.41. The van der Waals surface area contributed by atoms with E-state index in [9.17, 15) is 4.79 Å². The third-order valence-electron chi connectivity index (χ3n) is 3.77. The molecule has 1 saturated heterocycles. The largest absolute Gasteiger partial charge is 0.342 e. The quantitative estimate of drug-likeness (QED) is 0.744. The molecule has 86 valence electrons. The normalized spacial score (nSPS) is 34.9. The van der Waals surface area contributed by atoms with E-state index in [0.29, 0.717) is 12.1 Å². The fourth-order valence-corrected chi connectivity index (χ4v) is 3.16. The van der Waals surface area contributed by atoms with Crippen LogP contribution in [-0.4, -0.2) is 36.0 Å². The molecule has 1 aliphatic heterocycles. The van der Waals surface area contributed by atoms with Gasteiger partial charge in [-0.15, -0.1) is 0 Å². The molecule has 1 heterocycles. The summed E-state index contributed by atoms with van der Waals surface area (Å²) in [7, 11) is 0. The van der Waals surface area contributed by atoms with Gasteiger partial charge in [-0.3, -0.25) is 4.79 Å². The average molecular weight is 210 g/mol. The lowest BCUT2D eigenvalue weighted by molar-refractivity contribution is -0.128. The van der Waals surface area contributed by atoms with Gasteiger partial charge >= 0.3 is 0 Å². The molecule has 1 aliphatic carbocycles. The van der Waals surface area contributed by atoms with E-state index in [1.165, 1.54) is 12.8 Å². The third-order valence-corrected chi connectivity index (χ3v) is 3.77. The SMILES string of the molecule is CC(=O)N1C[C@H]2CC(NC(C)C)C[C@H]2C1. The zero-order chi connectivity index (χ0) is 11.0. The van der Waals surface area contributed by atoms with Crippen molar-refractivity contribution in [1.29, 1.82) is 0 Å². The van der Waals surface area contributed by atoms with E-state index < -0.39 is 0 Å². The second-order valence-corrected chi connectivity index (χ2v) is 5.43. The Morgan fingerprint density at radius 2 is 1.80 bits per heavy atom. The first-order valence-electron chi connectivity index (χ1n) is 6.08. The summed E-state index contributed by atoms with van der Waals surface area (Å²) < 4.78 is 0. The van der Waals surface area contributed by atoms with Gasteiger partial charge in [-0.25, -0.2) is 0 Å². The van der Waals surface area contributed by atoms with Crippen molar-refractivity contribution in [3.63, 3.8) is 0 Å². The minimum Gasteiger partial charge on any atom is -0.342 e. The van der Waals surface area contributed by atoms with Crippen molar-refractivity contribution in [2.24, 2.45) is 11.8 Å². The van der Waals surface area contributed by atoms with Gasteiger partial charge in [0.1, 0.15) is 0 Å². The molecule has 3 atom stereocenters. The van der Waals surface area contributed by atoms with Gasteiger partial charge in [0.15, 0.2) is 0 Å². The molecule has 1 saturated carbocycles. The second-order valence-electron chi connectivity index (χ2n) is 5.43. The van der Waals surface area contributed by atoms with E-state index in [-0.39, 0.29) is 5.91 Å². The van der Waals surface area contributed by atoms with Crippen LogP contribution < -0.4 is 5.32 Å². The van der Waals surface area contributed by atoms with Crippen LogP contribution in [0.1, 0.15) is 33.6 Å². The van der Waals surface area contributed by atoms with Gasteiger partial charge < -0.3 is 10.2 Å². The van der Waals surface area contributed by atoms with Crippen LogP contribution in [-0.2, 0) is 4.79 Å². The minimum atomic E-state index is 0.248. The number of carbonyl (C=O) groups is 1. The standard InChI is InChI=1S/C12H22N2O/c1-8(2)13-12-4-10-6-14(9(3)15)7-11(10)5-12/h8,10-13H,4-7H2,1-3H3/t10-,11+,12?. The maximum Gasteiger partial charge on any atom is 0.219 e. The van der Waals surface area contributed by atoms with Crippen molar-refractivity contribution < 1.29 is 4.79 Å². The molecule has 0 aromatic heterocycles. The Hall–Kier alpha value is -0.570. The summed E-state index contributed by atoms with van der Waals surface area (Å²) in [5.41, 5.74) is 0. The molecule has 0 spiro atoms. The Morgan fingerprint density at radius 1 is 1.27 bits per heavy atom. The fraction of sp³-hybridized carbons (Fsp3) is 0.917. The summed E-state index contributed by atoms with van der Waals surface area (Å²) in [5, 5.41) is 3.61. The molecule has 2 aliphatic rings. The molecule has 0 aromatic rings. The Labute approximate surface area is 92.2 Å². The highest BCUT2D eigenvalue weighted by atomic mass is 16.2. The average Bonchev–Trinajstić information content (AvgIpc) is 2.58. The Kier molecular flexibility index (Phi) is 3.01. The second kappa shape index (κ2) is 4.12. The van der Waals surface area contributed by atoms with Crippen molar-refractivity contribution in [3.8, 4) is 0 Å². The first-order valence-corrected chi connectivity index (χ1v) is 6.08. The molecule has 1 N–H and O–H groups in total. The zero-order valence-corrected chi connectivity index (χ0v) is 9.99. The maximum atomic E-state index is 11.2. The van der Waals surface area contributed by atoms with Crippen LogP contribution >= 0.6 is 0 Å². The summed E-state index contributed by atoms with van der Waals surface area (Å²) in [6.45, 7) is 8.09. The molecule has 15 heavy (non-hydrogen) atoms. The minimum absolute atomic E-state index is 0.248. The van der Waals surface area contributed by atoms with Gasteiger partial charge in [0.25, 0.3) is 0 Å². The van der Waals surface area contributed by atoms with Crippen LogP contribution in [0, 0.1) is 11.8 Å². The topological polar surface area (TPSA) is 32.3 Å². The Balaban J connectivity index is 1.85. The summed E-state index contributed by atoms with van der Waals surface area (Å²) in [5.74, 6) is 1.76. The maximum absolute atomic E-state index is 11.2. The van der Waals surface area contributed by atoms with E-state index in [4.69, 9.17) is 0 Å². The van der Waals surface area contributed by atoms with E-state index in [1.807, 2.05) is 4.90 Å². The number of hydrogen-bond donors (Lipinski definition) is 1. The van der Waals surface area contributed by atoms with Crippen molar-refractivity contribution in [2.75, 3.05) is 13.1 Å². The fourth-order valence-electron chi connectivity index (χ4n) is 3.16. The van der Waals surface area contributed by atoms with Crippen LogP contribution in [0.15, 0.2) is 0 Å². The number of amides is 1. The molecule has 1 unspecified atom stereocenters. The van der Waals surface area contributed by atoms with Crippen molar-refractivity contribution in [1.82, 2.24) is 10.2 Å². The predicted octanol–water partition coefficient (Wildman–Crippen LogP) is 1.24. The van der Waals surface area contributed by atoms with Gasteiger partial charge in [-0.2, -0.15) is 0 Å². The third kappa shape index (κ3) is 2.33. The molecule has 3 nitrogen and oxygen atoms in total. The predicted molar refractivity (Wildman–Crippen MR) is 60.5 cm³/mol. The van der Waals surface area contributed by atoms with E-state index in [2.05, 4.69) is 19.2 Å². The van der Waals surface area contributed by atoms with Crippen LogP contribution in [0.25, 0.3) is 0 Å². The summed E-state index contributed by atoms with van der Waals surface area (Å²) in [6, 6.07) is 1.27. The van der Waals surface area contributed by atoms with Crippen molar-refractivity contribution in [3.05, 3.63) is 0 Å². The summed E-state index contributed by atoms with van der Waals surface area (Å²) >= 11 is 0. The molecular formula is C12H22N2O. The van der Waals surface area contributed by atoms with Gasteiger partial charge in [-0.1, -0.05) is 13.8 Å². The van der Waals surface area contributed by atoms with E-state index in [0.717, 1.165) is 24.9 Å². The molecule has 3 heteroatoms. The number of nitrogens with one attached hydrogen (secondary N) is 1. The van der Waals surface area contributed by atoms with Crippen LogP contribution in [0.2, 0.25) is 0 Å². The highest BCUT2D eigenvalue weighted by molar-refractivity contribution is 5.73. The molecule has 0 radical (unpaired) electrons. The van der Waals surface area contributed by atoms with Crippen molar-refractivity contribution >= 4 is 5.91 Å². The highest BCUT2D eigenvalue weighted by Crippen LogP contribution is 2.38. The number of hydrogen-bond acceptors (Lipinski definition) is 2. The number of carbonyl (C=O) groups excluding carboxylic acids is 1. The van der Waals surface area contributed by atoms with Gasteiger partial charge in [-0.05, 0) is 24.7 Å².